The maximum absolute atomic E-state index is 11.7. The summed E-state index contributed by atoms with van der Waals surface area (Å²) in [4.78, 5) is 11.7. The molecule has 0 spiro atoms. The van der Waals surface area contributed by atoms with Crippen LogP contribution in [0.1, 0.15) is 58.3 Å². The quantitative estimate of drug-likeness (QED) is 0.499. The standard InChI is InChI=1S/C16H26O2/c1-2-3-9-14-11-12-16(18)15(14)10-7-5-4-6-8-13-17/h10-12,14,17H,2-9,13H2,1H3/b15-10-. The minimum absolute atomic E-state index is 0.214. The minimum atomic E-state index is 0.214. The predicted molar refractivity (Wildman–Crippen MR) is 75.4 cm³/mol. The molecule has 2 nitrogen and oxygen atoms in total. The minimum Gasteiger partial charge on any atom is -0.396 e. The van der Waals surface area contributed by atoms with Gasteiger partial charge in [0.2, 0.25) is 0 Å². The van der Waals surface area contributed by atoms with Crippen LogP contribution in [-0.4, -0.2) is 17.5 Å². The fourth-order valence-electron chi connectivity index (χ4n) is 2.38. The molecule has 1 rings (SSSR count). The second-order valence-electron chi connectivity index (χ2n) is 5.06. The van der Waals surface area contributed by atoms with Gasteiger partial charge in [-0.15, -0.1) is 0 Å². The van der Waals surface area contributed by atoms with Gasteiger partial charge in [0.15, 0.2) is 5.78 Å². The van der Waals surface area contributed by atoms with E-state index in [2.05, 4.69) is 19.1 Å². The van der Waals surface area contributed by atoms with Crippen molar-refractivity contribution in [2.24, 2.45) is 5.92 Å². The third-order valence-corrected chi connectivity index (χ3v) is 3.51. The fraction of sp³-hybridized carbons (Fsp3) is 0.688. The zero-order chi connectivity index (χ0) is 13.2. The summed E-state index contributed by atoms with van der Waals surface area (Å²) in [6.07, 6.45) is 14.7. The third-order valence-electron chi connectivity index (χ3n) is 3.51. The molecule has 0 saturated carbocycles. The molecular weight excluding hydrogens is 224 g/mol. The van der Waals surface area contributed by atoms with Crippen LogP contribution in [-0.2, 0) is 4.79 Å². The first-order valence-electron chi connectivity index (χ1n) is 7.33. The van der Waals surface area contributed by atoms with E-state index in [-0.39, 0.29) is 5.78 Å². The lowest BCUT2D eigenvalue weighted by molar-refractivity contribution is -0.111. The van der Waals surface area contributed by atoms with Gasteiger partial charge in [0.05, 0.1) is 0 Å². The summed E-state index contributed by atoms with van der Waals surface area (Å²) in [6, 6.07) is 0. The lowest BCUT2D eigenvalue weighted by atomic mass is 9.95. The van der Waals surface area contributed by atoms with Gasteiger partial charge in [0.1, 0.15) is 0 Å². The molecule has 2 heteroatoms. The molecule has 0 bridgehead atoms. The molecular formula is C16H26O2. The maximum atomic E-state index is 11.7. The molecule has 0 heterocycles. The smallest absolute Gasteiger partial charge is 0.181 e. The van der Waals surface area contributed by atoms with Crippen molar-refractivity contribution in [1.29, 1.82) is 0 Å². The SMILES string of the molecule is CCCCC1C=CC(=O)/C1=C\CCCCCCO. The number of allylic oxidation sites excluding steroid dienone is 4. The van der Waals surface area contributed by atoms with Crippen LogP contribution in [0.5, 0.6) is 0 Å². The third kappa shape index (κ3) is 5.18. The Balaban J connectivity index is 2.30. The highest BCUT2D eigenvalue weighted by Gasteiger charge is 2.21. The van der Waals surface area contributed by atoms with Gasteiger partial charge in [0, 0.05) is 18.1 Å². The first kappa shape index (κ1) is 15.2. The van der Waals surface area contributed by atoms with Crippen LogP contribution < -0.4 is 0 Å². The van der Waals surface area contributed by atoms with Gasteiger partial charge in [0.25, 0.3) is 0 Å². The van der Waals surface area contributed by atoms with Gasteiger partial charge in [-0.05, 0) is 31.8 Å². The molecule has 0 saturated heterocycles. The molecule has 0 aromatic carbocycles. The number of rotatable bonds is 9. The van der Waals surface area contributed by atoms with Crippen LogP contribution in [0.2, 0.25) is 0 Å². The molecule has 1 unspecified atom stereocenters. The molecule has 1 atom stereocenters. The van der Waals surface area contributed by atoms with E-state index in [0.29, 0.717) is 12.5 Å². The average Bonchev–Trinajstić information content (AvgIpc) is 2.72. The van der Waals surface area contributed by atoms with Crippen molar-refractivity contribution in [2.75, 3.05) is 6.61 Å². The summed E-state index contributed by atoms with van der Waals surface area (Å²) < 4.78 is 0. The highest BCUT2D eigenvalue weighted by atomic mass is 16.2. The molecule has 102 valence electrons. The van der Waals surface area contributed by atoms with Crippen LogP contribution in [0.25, 0.3) is 0 Å². The van der Waals surface area contributed by atoms with Crippen molar-refractivity contribution in [1.82, 2.24) is 0 Å². The monoisotopic (exact) mass is 250 g/mol. The van der Waals surface area contributed by atoms with Crippen molar-refractivity contribution < 1.29 is 9.90 Å². The van der Waals surface area contributed by atoms with Crippen molar-refractivity contribution in [2.45, 2.75) is 58.3 Å². The number of carbonyl (C=O) groups excluding carboxylic acids is 1. The summed E-state index contributed by atoms with van der Waals surface area (Å²) in [6.45, 7) is 2.48. The lowest BCUT2D eigenvalue weighted by Crippen LogP contribution is -2.03. The van der Waals surface area contributed by atoms with E-state index in [9.17, 15) is 4.79 Å². The second-order valence-corrected chi connectivity index (χ2v) is 5.06. The Morgan fingerprint density at radius 1 is 1.22 bits per heavy atom. The van der Waals surface area contributed by atoms with Crippen molar-refractivity contribution in [3.8, 4) is 0 Å². The first-order chi connectivity index (χ1) is 8.79. The Labute approximate surface area is 111 Å². The summed E-state index contributed by atoms with van der Waals surface area (Å²) in [7, 11) is 0. The van der Waals surface area contributed by atoms with E-state index in [1.54, 1.807) is 6.08 Å². The molecule has 0 aromatic rings. The topological polar surface area (TPSA) is 37.3 Å². The van der Waals surface area contributed by atoms with Gasteiger partial charge < -0.3 is 5.11 Å². The van der Waals surface area contributed by atoms with Gasteiger partial charge in [-0.2, -0.15) is 0 Å². The highest BCUT2D eigenvalue weighted by Crippen LogP contribution is 2.27. The summed E-state index contributed by atoms with van der Waals surface area (Å²) in [5.74, 6) is 0.585. The molecule has 0 radical (unpaired) electrons. The second kappa shape index (κ2) is 9.09. The maximum Gasteiger partial charge on any atom is 0.181 e. The number of hydrogen-bond donors (Lipinski definition) is 1. The molecule has 1 aliphatic rings. The van der Waals surface area contributed by atoms with E-state index < -0.39 is 0 Å². The normalized spacial score (nSPS) is 21.1. The zero-order valence-corrected chi connectivity index (χ0v) is 11.5. The Kier molecular flexibility index (Phi) is 7.66. The van der Waals surface area contributed by atoms with E-state index in [1.807, 2.05) is 0 Å². The van der Waals surface area contributed by atoms with Gasteiger partial charge in [-0.3, -0.25) is 4.79 Å². The number of unbranched alkanes of at least 4 members (excludes halogenated alkanes) is 5. The Hall–Kier alpha value is -0.890. The molecule has 1 N–H and O–H groups in total. The fourth-order valence-corrected chi connectivity index (χ4v) is 2.38. The van der Waals surface area contributed by atoms with Gasteiger partial charge in [-0.25, -0.2) is 0 Å². The molecule has 0 fully saturated rings. The van der Waals surface area contributed by atoms with E-state index in [0.717, 1.165) is 44.1 Å². The number of ketones is 1. The molecule has 18 heavy (non-hydrogen) atoms. The van der Waals surface area contributed by atoms with Gasteiger partial charge >= 0.3 is 0 Å². The average molecular weight is 250 g/mol. The zero-order valence-electron chi connectivity index (χ0n) is 11.5. The van der Waals surface area contributed by atoms with Crippen LogP contribution in [0.15, 0.2) is 23.8 Å². The Morgan fingerprint density at radius 3 is 2.72 bits per heavy atom. The summed E-state index contributed by atoms with van der Waals surface area (Å²) in [5, 5.41) is 8.68. The first-order valence-corrected chi connectivity index (χ1v) is 7.33. The Bertz CT molecular complexity index is 302. The lowest BCUT2D eigenvalue weighted by Gasteiger charge is -2.09. The van der Waals surface area contributed by atoms with Crippen LogP contribution >= 0.6 is 0 Å². The van der Waals surface area contributed by atoms with Crippen molar-refractivity contribution in [3.05, 3.63) is 23.8 Å². The molecule has 0 aliphatic heterocycles. The molecule has 0 aromatic heterocycles. The summed E-state index contributed by atoms with van der Waals surface area (Å²) >= 11 is 0. The number of aliphatic hydroxyl groups excluding tert-OH is 1. The van der Waals surface area contributed by atoms with Crippen LogP contribution in [0.4, 0.5) is 0 Å². The Morgan fingerprint density at radius 2 is 2.00 bits per heavy atom. The van der Waals surface area contributed by atoms with E-state index >= 15 is 0 Å². The highest BCUT2D eigenvalue weighted by molar-refractivity contribution is 6.07. The van der Waals surface area contributed by atoms with Crippen molar-refractivity contribution in [3.63, 3.8) is 0 Å². The largest absolute Gasteiger partial charge is 0.396 e. The number of aliphatic hydroxyl groups is 1. The van der Waals surface area contributed by atoms with E-state index in [4.69, 9.17) is 5.11 Å². The molecule has 1 aliphatic carbocycles. The molecule has 0 amide bonds. The van der Waals surface area contributed by atoms with Crippen LogP contribution in [0, 0.1) is 5.92 Å². The predicted octanol–water partition coefficient (Wildman–Crippen LogP) is 3.80. The summed E-state index contributed by atoms with van der Waals surface area (Å²) in [5.41, 5.74) is 1.02. The van der Waals surface area contributed by atoms with Crippen LogP contribution in [0.3, 0.4) is 0 Å². The van der Waals surface area contributed by atoms with E-state index in [1.165, 1.54) is 12.8 Å². The number of carbonyl (C=O) groups is 1. The number of hydrogen-bond acceptors (Lipinski definition) is 2. The van der Waals surface area contributed by atoms with Gasteiger partial charge in [-0.1, -0.05) is 44.8 Å². The van der Waals surface area contributed by atoms with Crippen molar-refractivity contribution >= 4 is 5.78 Å².